The fourth-order valence-electron chi connectivity index (χ4n) is 2.92. The second-order valence-electron chi connectivity index (χ2n) is 6.14. The van der Waals surface area contributed by atoms with Crippen molar-refractivity contribution in [2.75, 3.05) is 5.73 Å². The molecule has 1 aromatic rings. The molecule has 0 atom stereocenters. The van der Waals surface area contributed by atoms with Crippen molar-refractivity contribution >= 4 is 5.82 Å². The third-order valence-electron chi connectivity index (χ3n) is 3.74. The second-order valence-corrected chi connectivity index (χ2v) is 6.14. The Morgan fingerprint density at radius 3 is 2.35 bits per heavy atom. The highest BCUT2D eigenvalue weighted by molar-refractivity contribution is 5.40. The Labute approximate surface area is 104 Å². The van der Waals surface area contributed by atoms with E-state index in [4.69, 9.17) is 10.7 Å². The first-order valence-corrected chi connectivity index (χ1v) is 6.82. The quantitative estimate of drug-likeness (QED) is 0.853. The van der Waals surface area contributed by atoms with Gasteiger partial charge >= 0.3 is 0 Å². The summed E-state index contributed by atoms with van der Waals surface area (Å²) in [6.07, 6.45) is 6.14. The minimum atomic E-state index is 0.0302. The molecule has 1 saturated carbocycles. The molecule has 3 nitrogen and oxygen atoms in total. The van der Waals surface area contributed by atoms with E-state index in [2.05, 4.69) is 32.3 Å². The van der Waals surface area contributed by atoms with E-state index in [-0.39, 0.29) is 5.54 Å². The lowest BCUT2D eigenvalue weighted by atomic mass is 10.0. The maximum absolute atomic E-state index is 6.27. The van der Waals surface area contributed by atoms with Gasteiger partial charge in [0.05, 0.1) is 5.69 Å². The van der Waals surface area contributed by atoms with Gasteiger partial charge < -0.3 is 10.3 Å². The van der Waals surface area contributed by atoms with Crippen molar-refractivity contribution in [2.45, 2.75) is 71.3 Å². The van der Waals surface area contributed by atoms with Gasteiger partial charge in [0.2, 0.25) is 0 Å². The summed E-state index contributed by atoms with van der Waals surface area (Å²) in [4.78, 5) is 4.81. The summed E-state index contributed by atoms with van der Waals surface area (Å²) in [6.45, 7) is 8.76. The molecular formula is C14H25N3. The van der Waals surface area contributed by atoms with Gasteiger partial charge in [0.25, 0.3) is 0 Å². The molecule has 1 aliphatic carbocycles. The van der Waals surface area contributed by atoms with Crippen LogP contribution in [-0.2, 0) is 12.0 Å². The van der Waals surface area contributed by atoms with Crippen LogP contribution in [0.1, 0.15) is 70.8 Å². The fourth-order valence-corrected chi connectivity index (χ4v) is 2.92. The van der Waals surface area contributed by atoms with Gasteiger partial charge in [-0.15, -0.1) is 0 Å². The van der Waals surface area contributed by atoms with Crippen molar-refractivity contribution in [1.29, 1.82) is 0 Å². The van der Waals surface area contributed by atoms with Crippen molar-refractivity contribution in [1.82, 2.24) is 9.55 Å². The molecule has 96 valence electrons. The van der Waals surface area contributed by atoms with Crippen molar-refractivity contribution in [2.24, 2.45) is 0 Å². The molecule has 0 radical (unpaired) electrons. The van der Waals surface area contributed by atoms with Crippen LogP contribution >= 0.6 is 0 Å². The number of nitrogens with two attached hydrogens (primary N) is 1. The predicted molar refractivity (Wildman–Crippen MR) is 72.2 cm³/mol. The van der Waals surface area contributed by atoms with Crippen LogP contribution in [-0.4, -0.2) is 9.55 Å². The van der Waals surface area contributed by atoms with Gasteiger partial charge in [0, 0.05) is 11.5 Å². The average Bonchev–Trinajstić information content (AvgIpc) is 2.82. The molecule has 0 aliphatic heterocycles. The molecule has 1 fully saturated rings. The first-order valence-electron chi connectivity index (χ1n) is 6.82. The van der Waals surface area contributed by atoms with Gasteiger partial charge in [-0.25, -0.2) is 4.98 Å². The molecule has 0 spiro atoms. The van der Waals surface area contributed by atoms with E-state index >= 15 is 0 Å². The zero-order chi connectivity index (χ0) is 12.6. The number of imidazole rings is 1. The molecule has 1 heterocycles. The highest BCUT2D eigenvalue weighted by Gasteiger charge is 2.29. The highest BCUT2D eigenvalue weighted by atomic mass is 15.2. The molecular weight excluding hydrogens is 210 g/mol. The summed E-state index contributed by atoms with van der Waals surface area (Å²) < 4.78 is 2.27. The van der Waals surface area contributed by atoms with Gasteiger partial charge in [0.1, 0.15) is 11.6 Å². The monoisotopic (exact) mass is 235 g/mol. The van der Waals surface area contributed by atoms with E-state index < -0.39 is 0 Å². The third kappa shape index (κ3) is 2.20. The van der Waals surface area contributed by atoms with Gasteiger partial charge in [-0.3, -0.25) is 0 Å². The molecule has 1 aromatic heterocycles. The number of nitrogens with zero attached hydrogens (tertiary/aromatic N) is 2. The van der Waals surface area contributed by atoms with E-state index in [1.165, 1.54) is 31.5 Å². The predicted octanol–water partition coefficient (Wildman–Crippen LogP) is 3.44. The lowest BCUT2D eigenvalue weighted by Crippen LogP contribution is -2.26. The van der Waals surface area contributed by atoms with Crippen LogP contribution < -0.4 is 5.73 Å². The third-order valence-corrected chi connectivity index (χ3v) is 3.74. The van der Waals surface area contributed by atoms with Crippen LogP contribution in [0.2, 0.25) is 0 Å². The Bertz CT molecular complexity index is 392. The summed E-state index contributed by atoms with van der Waals surface area (Å²) >= 11 is 0. The Morgan fingerprint density at radius 1 is 1.29 bits per heavy atom. The standard InChI is InChI=1S/C14H25N3/c1-5-11-12(15)17(14(2,3)4)13(16-11)10-8-6-7-9-10/h10H,5-9,15H2,1-4H3. The largest absolute Gasteiger partial charge is 0.384 e. The average molecular weight is 235 g/mol. The zero-order valence-corrected chi connectivity index (χ0v) is 11.6. The molecule has 3 heteroatoms. The van der Waals surface area contributed by atoms with Crippen molar-refractivity contribution in [3.8, 4) is 0 Å². The van der Waals surface area contributed by atoms with Crippen LogP contribution in [0.15, 0.2) is 0 Å². The summed E-state index contributed by atoms with van der Waals surface area (Å²) in [5, 5.41) is 0. The van der Waals surface area contributed by atoms with E-state index in [1.807, 2.05) is 0 Å². The second kappa shape index (κ2) is 4.35. The van der Waals surface area contributed by atoms with E-state index in [0.29, 0.717) is 5.92 Å². The molecule has 0 amide bonds. The van der Waals surface area contributed by atoms with Crippen LogP contribution in [0.3, 0.4) is 0 Å². The van der Waals surface area contributed by atoms with Crippen LogP contribution in [0, 0.1) is 0 Å². The molecule has 0 unspecified atom stereocenters. The number of anilines is 1. The van der Waals surface area contributed by atoms with E-state index in [1.54, 1.807) is 0 Å². The number of rotatable bonds is 2. The Balaban J connectivity index is 2.49. The molecule has 0 bridgehead atoms. The summed E-state index contributed by atoms with van der Waals surface area (Å²) in [6, 6.07) is 0. The number of hydrogen-bond acceptors (Lipinski definition) is 2. The van der Waals surface area contributed by atoms with Crippen molar-refractivity contribution < 1.29 is 0 Å². The van der Waals surface area contributed by atoms with Crippen LogP contribution in [0.5, 0.6) is 0 Å². The summed E-state index contributed by atoms with van der Waals surface area (Å²) in [5.74, 6) is 2.73. The number of nitrogen functional groups attached to an aromatic ring is 1. The number of aryl methyl sites for hydroxylation is 1. The normalized spacial score (nSPS) is 17.9. The SMILES string of the molecule is CCc1nc(C2CCCC2)n(C(C)(C)C)c1N. The van der Waals surface area contributed by atoms with Gasteiger partial charge in [0.15, 0.2) is 0 Å². The molecule has 17 heavy (non-hydrogen) atoms. The maximum atomic E-state index is 6.27. The topological polar surface area (TPSA) is 43.8 Å². The molecule has 2 N–H and O–H groups in total. The van der Waals surface area contributed by atoms with E-state index in [9.17, 15) is 0 Å². The minimum absolute atomic E-state index is 0.0302. The first kappa shape index (κ1) is 12.5. The molecule has 2 rings (SSSR count). The lowest BCUT2D eigenvalue weighted by Gasteiger charge is -2.27. The Hall–Kier alpha value is -0.990. The molecule has 1 aliphatic rings. The van der Waals surface area contributed by atoms with Crippen LogP contribution in [0.4, 0.5) is 5.82 Å². The first-order chi connectivity index (χ1) is 7.95. The maximum Gasteiger partial charge on any atom is 0.127 e. The Morgan fingerprint density at radius 2 is 1.88 bits per heavy atom. The summed E-state index contributed by atoms with van der Waals surface area (Å²) in [5.41, 5.74) is 7.37. The van der Waals surface area contributed by atoms with Crippen LogP contribution in [0.25, 0.3) is 0 Å². The number of hydrogen-bond donors (Lipinski definition) is 1. The van der Waals surface area contributed by atoms with Crippen molar-refractivity contribution in [3.63, 3.8) is 0 Å². The Kier molecular flexibility index (Phi) is 3.19. The molecule has 0 aromatic carbocycles. The van der Waals surface area contributed by atoms with Gasteiger partial charge in [-0.1, -0.05) is 19.8 Å². The minimum Gasteiger partial charge on any atom is -0.384 e. The molecule has 0 saturated heterocycles. The lowest BCUT2D eigenvalue weighted by molar-refractivity contribution is 0.377. The fraction of sp³-hybridized carbons (Fsp3) is 0.786. The zero-order valence-electron chi connectivity index (χ0n) is 11.6. The smallest absolute Gasteiger partial charge is 0.127 e. The van der Waals surface area contributed by atoms with Gasteiger partial charge in [-0.2, -0.15) is 0 Å². The van der Waals surface area contributed by atoms with Gasteiger partial charge in [-0.05, 0) is 40.0 Å². The van der Waals surface area contributed by atoms with E-state index in [0.717, 1.165) is 17.9 Å². The highest BCUT2D eigenvalue weighted by Crippen LogP contribution is 2.37. The van der Waals surface area contributed by atoms with Crippen molar-refractivity contribution in [3.05, 3.63) is 11.5 Å². The summed E-state index contributed by atoms with van der Waals surface area (Å²) in [7, 11) is 0. The number of aromatic nitrogens is 2.